The number of benzene rings is 1. The Hall–Kier alpha value is -0.440. The molecule has 1 aromatic carbocycles. The topological polar surface area (TPSA) is 29.1 Å². The number of alkyl halides is 1. The van der Waals surface area contributed by atoms with Crippen LogP contribution in [-0.4, -0.2) is 17.8 Å². The Labute approximate surface area is 128 Å². The van der Waals surface area contributed by atoms with Crippen LogP contribution in [0.25, 0.3) is 0 Å². The molecule has 0 aromatic heterocycles. The smallest absolute Gasteiger partial charge is 0.252 e. The summed E-state index contributed by atoms with van der Waals surface area (Å²) in [7, 11) is 0. The van der Waals surface area contributed by atoms with E-state index in [4.69, 9.17) is 34.8 Å². The largest absolute Gasteiger partial charge is 0.352 e. The average Bonchev–Trinajstić information content (AvgIpc) is 2.36. The van der Waals surface area contributed by atoms with E-state index in [-0.39, 0.29) is 11.3 Å². The van der Waals surface area contributed by atoms with Crippen molar-refractivity contribution in [2.24, 2.45) is 5.92 Å². The first-order chi connectivity index (χ1) is 9.06. The van der Waals surface area contributed by atoms with Gasteiger partial charge in [0.05, 0.1) is 10.6 Å². The van der Waals surface area contributed by atoms with Crippen LogP contribution in [0.4, 0.5) is 0 Å². The summed E-state index contributed by atoms with van der Waals surface area (Å²) in [6.45, 7) is 0.654. The minimum Gasteiger partial charge on any atom is -0.352 e. The van der Waals surface area contributed by atoms with Crippen molar-refractivity contribution in [2.75, 3.05) is 6.54 Å². The molecule has 1 aliphatic rings. The first-order valence-corrected chi connectivity index (χ1v) is 7.63. The molecule has 2 rings (SSSR count). The van der Waals surface area contributed by atoms with E-state index in [0.29, 0.717) is 28.1 Å². The summed E-state index contributed by atoms with van der Waals surface area (Å²) in [4.78, 5) is 12.0. The lowest BCUT2D eigenvalue weighted by Crippen LogP contribution is -2.32. The van der Waals surface area contributed by atoms with Gasteiger partial charge in [0.25, 0.3) is 5.91 Å². The van der Waals surface area contributed by atoms with Crippen molar-refractivity contribution in [1.29, 1.82) is 0 Å². The van der Waals surface area contributed by atoms with E-state index < -0.39 is 0 Å². The highest BCUT2D eigenvalue weighted by atomic mass is 35.5. The van der Waals surface area contributed by atoms with Crippen LogP contribution in [-0.2, 0) is 0 Å². The van der Waals surface area contributed by atoms with Crippen LogP contribution in [0.2, 0.25) is 10.0 Å². The van der Waals surface area contributed by atoms with Crippen LogP contribution < -0.4 is 5.32 Å². The van der Waals surface area contributed by atoms with E-state index in [2.05, 4.69) is 5.32 Å². The van der Waals surface area contributed by atoms with Gasteiger partial charge in [-0.05, 0) is 43.4 Å². The van der Waals surface area contributed by atoms with Crippen LogP contribution in [0, 0.1) is 5.92 Å². The number of hydrogen-bond donors (Lipinski definition) is 1. The van der Waals surface area contributed by atoms with Crippen molar-refractivity contribution in [2.45, 2.75) is 31.1 Å². The molecule has 2 nitrogen and oxygen atoms in total. The molecule has 104 valence electrons. The first kappa shape index (κ1) is 15.0. The number of halogens is 3. The highest BCUT2D eigenvalue weighted by Crippen LogP contribution is 2.27. The first-order valence-electron chi connectivity index (χ1n) is 6.43. The Morgan fingerprint density at radius 2 is 2.11 bits per heavy atom. The molecule has 5 heteroatoms. The third kappa shape index (κ3) is 4.27. The zero-order valence-electron chi connectivity index (χ0n) is 10.5. The zero-order chi connectivity index (χ0) is 13.8. The molecule has 1 N–H and O–H groups in total. The summed E-state index contributed by atoms with van der Waals surface area (Å²) in [6, 6.07) is 4.89. The maximum absolute atomic E-state index is 12.0. The maximum atomic E-state index is 12.0. The fourth-order valence-electron chi connectivity index (χ4n) is 2.42. The van der Waals surface area contributed by atoms with E-state index in [0.717, 1.165) is 25.7 Å². The molecule has 1 amide bonds. The molecule has 2 atom stereocenters. The molecule has 0 aliphatic heterocycles. The molecule has 19 heavy (non-hydrogen) atoms. The van der Waals surface area contributed by atoms with Gasteiger partial charge in [0.2, 0.25) is 0 Å². The summed E-state index contributed by atoms with van der Waals surface area (Å²) >= 11 is 17.9. The lowest BCUT2D eigenvalue weighted by atomic mass is 9.89. The molecule has 1 aromatic rings. The highest BCUT2D eigenvalue weighted by molar-refractivity contribution is 6.36. The predicted molar refractivity (Wildman–Crippen MR) is 80.4 cm³/mol. The molecule has 0 saturated heterocycles. The van der Waals surface area contributed by atoms with Crippen LogP contribution in [0.15, 0.2) is 18.2 Å². The standard InChI is InChI=1S/C14H16Cl3NO/c15-10-3-1-2-9(6-10)8-18-14(19)12-5-4-11(16)7-13(12)17/h4-5,7,9-10H,1-3,6,8H2,(H,18,19). The molecule has 1 aliphatic carbocycles. The lowest BCUT2D eigenvalue weighted by molar-refractivity contribution is 0.0944. The van der Waals surface area contributed by atoms with Gasteiger partial charge in [-0.15, -0.1) is 11.6 Å². The van der Waals surface area contributed by atoms with Crippen LogP contribution in [0.5, 0.6) is 0 Å². The highest BCUT2D eigenvalue weighted by Gasteiger charge is 2.21. The van der Waals surface area contributed by atoms with E-state index >= 15 is 0 Å². The molecule has 1 saturated carbocycles. The Balaban J connectivity index is 1.90. The number of hydrogen-bond acceptors (Lipinski definition) is 1. The summed E-state index contributed by atoms with van der Waals surface area (Å²) < 4.78 is 0. The van der Waals surface area contributed by atoms with Gasteiger partial charge in [-0.2, -0.15) is 0 Å². The molecule has 1 fully saturated rings. The Kier molecular flexibility index (Phi) is 5.37. The summed E-state index contributed by atoms with van der Waals surface area (Å²) in [6.07, 6.45) is 4.31. The van der Waals surface area contributed by atoms with Crippen LogP contribution in [0.3, 0.4) is 0 Å². The van der Waals surface area contributed by atoms with Crippen molar-refractivity contribution < 1.29 is 4.79 Å². The maximum Gasteiger partial charge on any atom is 0.252 e. The second-order valence-corrected chi connectivity index (χ2v) is 6.42. The Morgan fingerprint density at radius 3 is 2.79 bits per heavy atom. The van der Waals surface area contributed by atoms with E-state index in [1.54, 1.807) is 18.2 Å². The van der Waals surface area contributed by atoms with Crippen molar-refractivity contribution >= 4 is 40.7 Å². The summed E-state index contributed by atoms with van der Waals surface area (Å²) in [5.41, 5.74) is 0.462. The Morgan fingerprint density at radius 1 is 1.32 bits per heavy atom. The minimum absolute atomic E-state index is 0.154. The normalized spacial score (nSPS) is 23.1. The third-order valence-corrected chi connectivity index (χ3v) is 4.39. The number of rotatable bonds is 3. The van der Waals surface area contributed by atoms with E-state index in [9.17, 15) is 4.79 Å². The average molecular weight is 321 g/mol. The summed E-state index contributed by atoms with van der Waals surface area (Å²) in [5, 5.41) is 4.07. The SMILES string of the molecule is O=C(NCC1CCCC(Cl)C1)c1ccc(Cl)cc1Cl. The van der Waals surface area contributed by atoms with Gasteiger partial charge in [0, 0.05) is 16.9 Å². The van der Waals surface area contributed by atoms with Crippen molar-refractivity contribution in [3.63, 3.8) is 0 Å². The summed E-state index contributed by atoms with van der Waals surface area (Å²) in [5.74, 6) is 0.310. The molecule has 0 heterocycles. The van der Waals surface area contributed by atoms with Gasteiger partial charge in [-0.1, -0.05) is 29.6 Å². The van der Waals surface area contributed by atoms with E-state index in [1.165, 1.54) is 0 Å². The fraction of sp³-hybridized carbons (Fsp3) is 0.500. The van der Waals surface area contributed by atoms with Gasteiger partial charge in [-0.3, -0.25) is 4.79 Å². The van der Waals surface area contributed by atoms with Crippen molar-refractivity contribution in [3.05, 3.63) is 33.8 Å². The molecule has 0 radical (unpaired) electrons. The number of carbonyl (C=O) groups is 1. The fourth-order valence-corrected chi connectivity index (χ4v) is 3.32. The third-order valence-electron chi connectivity index (χ3n) is 3.45. The molecule has 0 bridgehead atoms. The van der Waals surface area contributed by atoms with Gasteiger partial charge >= 0.3 is 0 Å². The molecule has 2 unspecified atom stereocenters. The van der Waals surface area contributed by atoms with Gasteiger partial charge < -0.3 is 5.32 Å². The Bertz CT molecular complexity index is 464. The number of nitrogens with one attached hydrogen (secondary N) is 1. The monoisotopic (exact) mass is 319 g/mol. The van der Waals surface area contributed by atoms with Gasteiger partial charge in [0.1, 0.15) is 0 Å². The van der Waals surface area contributed by atoms with E-state index in [1.807, 2.05) is 0 Å². The zero-order valence-corrected chi connectivity index (χ0v) is 12.7. The van der Waals surface area contributed by atoms with Crippen molar-refractivity contribution in [1.82, 2.24) is 5.32 Å². The predicted octanol–water partition coefficient (Wildman–Crippen LogP) is 4.52. The second-order valence-electron chi connectivity index (χ2n) is 4.96. The molecular weight excluding hydrogens is 305 g/mol. The van der Waals surface area contributed by atoms with Gasteiger partial charge in [0.15, 0.2) is 0 Å². The van der Waals surface area contributed by atoms with Crippen LogP contribution >= 0.6 is 34.8 Å². The molecular formula is C14H16Cl3NO. The lowest BCUT2D eigenvalue weighted by Gasteiger charge is -2.25. The minimum atomic E-state index is -0.154. The molecule has 0 spiro atoms. The van der Waals surface area contributed by atoms with Crippen molar-refractivity contribution in [3.8, 4) is 0 Å². The second kappa shape index (κ2) is 6.83. The quantitative estimate of drug-likeness (QED) is 0.815. The number of carbonyl (C=O) groups excluding carboxylic acids is 1. The van der Waals surface area contributed by atoms with Crippen LogP contribution in [0.1, 0.15) is 36.0 Å². The number of amides is 1. The van der Waals surface area contributed by atoms with Gasteiger partial charge in [-0.25, -0.2) is 0 Å².